The van der Waals surface area contributed by atoms with Crippen LogP contribution in [0.2, 0.25) is 0 Å². The van der Waals surface area contributed by atoms with Crippen LogP contribution in [0.3, 0.4) is 0 Å². The van der Waals surface area contributed by atoms with Gasteiger partial charge < -0.3 is 15.4 Å². The van der Waals surface area contributed by atoms with E-state index in [1.54, 1.807) is 18.2 Å². The molecule has 2 amide bonds. The van der Waals surface area contributed by atoms with E-state index in [4.69, 9.17) is 4.74 Å². The Morgan fingerprint density at radius 2 is 2.00 bits per heavy atom. The van der Waals surface area contributed by atoms with Crippen molar-refractivity contribution in [2.24, 2.45) is 0 Å². The van der Waals surface area contributed by atoms with Crippen LogP contribution in [0.15, 0.2) is 18.2 Å². The molecule has 0 radical (unpaired) electrons. The van der Waals surface area contributed by atoms with E-state index in [1.165, 1.54) is 14.0 Å². The average Bonchev–Trinajstić information content (AvgIpc) is 2.37. The number of carbonyl (C=O) groups is 2. The molecular formula is C14H20N2O3. The van der Waals surface area contributed by atoms with E-state index in [1.807, 2.05) is 6.92 Å². The lowest BCUT2D eigenvalue weighted by Gasteiger charge is -2.12. The second-order valence-electron chi connectivity index (χ2n) is 4.25. The molecule has 0 saturated heterocycles. The second kappa shape index (κ2) is 7.41. The van der Waals surface area contributed by atoms with Crippen molar-refractivity contribution in [3.8, 4) is 5.75 Å². The molecule has 0 spiro atoms. The van der Waals surface area contributed by atoms with E-state index in [0.29, 0.717) is 23.5 Å². The zero-order valence-corrected chi connectivity index (χ0v) is 11.6. The third-order valence-corrected chi connectivity index (χ3v) is 2.55. The Kier molecular flexibility index (Phi) is 5.85. The van der Waals surface area contributed by atoms with Crippen LogP contribution < -0.4 is 15.4 Å². The maximum Gasteiger partial charge on any atom is 0.224 e. The first-order valence-electron chi connectivity index (χ1n) is 6.32. The van der Waals surface area contributed by atoms with E-state index in [0.717, 1.165) is 12.8 Å². The van der Waals surface area contributed by atoms with Crippen molar-refractivity contribution < 1.29 is 14.3 Å². The first-order chi connectivity index (χ1) is 9.06. The lowest BCUT2D eigenvalue weighted by molar-refractivity contribution is -0.116. The van der Waals surface area contributed by atoms with Crippen molar-refractivity contribution >= 4 is 23.2 Å². The van der Waals surface area contributed by atoms with Gasteiger partial charge in [-0.25, -0.2) is 0 Å². The molecule has 0 aliphatic carbocycles. The lowest BCUT2D eigenvalue weighted by Crippen LogP contribution is -2.12. The summed E-state index contributed by atoms with van der Waals surface area (Å²) >= 11 is 0. The zero-order chi connectivity index (χ0) is 14.3. The summed E-state index contributed by atoms with van der Waals surface area (Å²) < 4.78 is 5.21. The number of unbranched alkanes of at least 4 members (excludes halogenated alkanes) is 1. The SMILES string of the molecule is CCCCC(=O)Nc1ccc(NC(C)=O)cc1OC. The maximum absolute atomic E-state index is 11.7. The Hall–Kier alpha value is -2.04. The van der Waals surface area contributed by atoms with Gasteiger partial charge in [0.05, 0.1) is 12.8 Å². The Bertz CT molecular complexity index is 458. The molecule has 0 atom stereocenters. The highest BCUT2D eigenvalue weighted by atomic mass is 16.5. The number of benzene rings is 1. The van der Waals surface area contributed by atoms with E-state index < -0.39 is 0 Å². The van der Waals surface area contributed by atoms with Crippen LogP contribution in [0, 0.1) is 0 Å². The van der Waals surface area contributed by atoms with Gasteiger partial charge in [-0.2, -0.15) is 0 Å². The molecule has 0 aliphatic heterocycles. The fraction of sp³-hybridized carbons (Fsp3) is 0.429. The fourth-order valence-electron chi connectivity index (χ4n) is 1.63. The molecule has 0 saturated carbocycles. The first-order valence-corrected chi connectivity index (χ1v) is 6.32. The molecular weight excluding hydrogens is 244 g/mol. The summed E-state index contributed by atoms with van der Waals surface area (Å²) in [5.74, 6) is 0.338. The molecule has 2 N–H and O–H groups in total. The molecule has 1 aromatic rings. The predicted molar refractivity (Wildman–Crippen MR) is 75.5 cm³/mol. The largest absolute Gasteiger partial charge is 0.494 e. The van der Waals surface area contributed by atoms with Gasteiger partial charge in [-0.3, -0.25) is 9.59 Å². The number of hydrogen-bond acceptors (Lipinski definition) is 3. The Morgan fingerprint density at radius 3 is 2.58 bits per heavy atom. The average molecular weight is 264 g/mol. The van der Waals surface area contributed by atoms with Crippen molar-refractivity contribution in [2.75, 3.05) is 17.7 Å². The highest BCUT2D eigenvalue weighted by Gasteiger charge is 2.08. The smallest absolute Gasteiger partial charge is 0.224 e. The van der Waals surface area contributed by atoms with Crippen LogP contribution in [0.5, 0.6) is 5.75 Å². The molecule has 0 heterocycles. The standard InChI is InChI=1S/C14H20N2O3/c1-4-5-6-14(18)16-12-8-7-11(15-10(2)17)9-13(12)19-3/h7-9H,4-6H2,1-3H3,(H,15,17)(H,16,18). The van der Waals surface area contributed by atoms with Gasteiger partial charge in [0.15, 0.2) is 0 Å². The number of nitrogens with one attached hydrogen (secondary N) is 2. The molecule has 104 valence electrons. The summed E-state index contributed by atoms with van der Waals surface area (Å²) in [7, 11) is 1.52. The minimum atomic E-state index is -0.151. The third-order valence-electron chi connectivity index (χ3n) is 2.55. The van der Waals surface area contributed by atoms with Crippen LogP contribution in [0.4, 0.5) is 11.4 Å². The van der Waals surface area contributed by atoms with Crippen LogP contribution in [-0.4, -0.2) is 18.9 Å². The van der Waals surface area contributed by atoms with Gasteiger partial charge in [0, 0.05) is 25.1 Å². The van der Waals surface area contributed by atoms with Gasteiger partial charge >= 0.3 is 0 Å². The highest BCUT2D eigenvalue weighted by molar-refractivity contribution is 5.94. The Labute approximate surface area is 113 Å². The molecule has 5 nitrogen and oxygen atoms in total. The fourth-order valence-corrected chi connectivity index (χ4v) is 1.63. The van der Waals surface area contributed by atoms with Gasteiger partial charge in [-0.15, -0.1) is 0 Å². The normalized spacial score (nSPS) is 9.84. The minimum absolute atomic E-state index is 0.0348. The van der Waals surface area contributed by atoms with Crippen molar-refractivity contribution in [1.29, 1.82) is 0 Å². The molecule has 0 bridgehead atoms. The minimum Gasteiger partial charge on any atom is -0.494 e. The Morgan fingerprint density at radius 1 is 1.26 bits per heavy atom. The summed E-state index contributed by atoms with van der Waals surface area (Å²) in [6.45, 7) is 3.48. The number of carbonyl (C=O) groups excluding carboxylic acids is 2. The molecule has 1 rings (SSSR count). The van der Waals surface area contributed by atoms with Crippen LogP contribution in [-0.2, 0) is 9.59 Å². The summed E-state index contributed by atoms with van der Waals surface area (Å²) in [6, 6.07) is 5.12. The summed E-state index contributed by atoms with van der Waals surface area (Å²) in [4.78, 5) is 22.6. The first kappa shape index (κ1) is 15.0. The van der Waals surface area contributed by atoms with E-state index >= 15 is 0 Å². The van der Waals surface area contributed by atoms with Crippen LogP contribution >= 0.6 is 0 Å². The van der Waals surface area contributed by atoms with Gasteiger partial charge in [0.25, 0.3) is 0 Å². The van der Waals surface area contributed by atoms with E-state index in [-0.39, 0.29) is 11.8 Å². The predicted octanol–water partition coefficient (Wildman–Crippen LogP) is 2.78. The quantitative estimate of drug-likeness (QED) is 0.830. The molecule has 0 aromatic heterocycles. The van der Waals surface area contributed by atoms with Crippen molar-refractivity contribution in [3.05, 3.63) is 18.2 Å². The van der Waals surface area contributed by atoms with Crippen molar-refractivity contribution in [2.45, 2.75) is 33.1 Å². The maximum atomic E-state index is 11.7. The van der Waals surface area contributed by atoms with Gasteiger partial charge in [0.2, 0.25) is 11.8 Å². The van der Waals surface area contributed by atoms with Gasteiger partial charge in [-0.1, -0.05) is 13.3 Å². The van der Waals surface area contributed by atoms with Crippen molar-refractivity contribution in [1.82, 2.24) is 0 Å². The summed E-state index contributed by atoms with van der Waals surface area (Å²) in [5.41, 5.74) is 1.24. The molecule has 0 fully saturated rings. The molecule has 0 aliphatic rings. The monoisotopic (exact) mass is 264 g/mol. The lowest BCUT2D eigenvalue weighted by atomic mass is 10.2. The molecule has 19 heavy (non-hydrogen) atoms. The number of hydrogen-bond donors (Lipinski definition) is 2. The second-order valence-corrected chi connectivity index (χ2v) is 4.25. The van der Waals surface area contributed by atoms with Crippen LogP contribution in [0.1, 0.15) is 33.1 Å². The van der Waals surface area contributed by atoms with E-state index in [2.05, 4.69) is 10.6 Å². The topological polar surface area (TPSA) is 67.4 Å². The number of ether oxygens (including phenoxy) is 1. The highest BCUT2D eigenvalue weighted by Crippen LogP contribution is 2.28. The summed E-state index contributed by atoms with van der Waals surface area (Å²) in [5, 5.41) is 5.46. The van der Waals surface area contributed by atoms with Gasteiger partial charge in [-0.05, 0) is 18.6 Å². The van der Waals surface area contributed by atoms with Crippen molar-refractivity contribution in [3.63, 3.8) is 0 Å². The number of methoxy groups -OCH3 is 1. The molecule has 1 aromatic carbocycles. The molecule has 0 unspecified atom stereocenters. The number of rotatable bonds is 6. The van der Waals surface area contributed by atoms with Gasteiger partial charge in [0.1, 0.15) is 5.75 Å². The van der Waals surface area contributed by atoms with Crippen LogP contribution in [0.25, 0.3) is 0 Å². The third kappa shape index (κ3) is 4.99. The summed E-state index contributed by atoms with van der Waals surface area (Å²) in [6.07, 6.45) is 2.33. The number of amides is 2. The zero-order valence-electron chi connectivity index (χ0n) is 11.6. The molecule has 5 heteroatoms. The van der Waals surface area contributed by atoms with E-state index in [9.17, 15) is 9.59 Å². The number of anilines is 2. The Balaban J connectivity index is 2.78.